The first-order chi connectivity index (χ1) is 6.13. The molecule has 0 aliphatic rings. The average molecular weight is 188 g/mol. The van der Waals surface area contributed by atoms with Crippen LogP contribution in [0.3, 0.4) is 0 Å². The van der Waals surface area contributed by atoms with E-state index in [4.69, 9.17) is 5.11 Å². The summed E-state index contributed by atoms with van der Waals surface area (Å²) in [4.78, 5) is 20.1. The number of ether oxygens (including phenoxy) is 2. The smallest absolute Gasteiger partial charge is 0.462 e. The van der Waals surface area contributed by atoms with Gasteiger partial charge in [-0.25, -0.2) is 4.79 Å². The van der Waals surface area contributed by atoms with E-state index in [2.05, 4.69) is 9.47 Å². The summed E-state index contributed by atoms with van der Waals surface area (Å²) in [5, 5.41) is 8.07. The Bertz CT molecular complexity index is 197. The highest BCUT2D eigenvalue weighted by Gasteiger charge is 1.92. The normalized spacial score (nSPS) is 9.92. The molecule has 0 fully saturated rings. The van der Waals surface area contributed by atoms with Crippen LogP contribution in [0.25, 0.3) is 0 Å². The summed E-state index contributed by atoms with van der Waals surface area (Å²) in [7, 11) is 0. The molecule has 0 aromatic carbocycles. The minimum absolute atomic E-state index is 0.117. The zero-order chi connectivity index (χ0) is 10.1. The van der Waals surface area contributed by atoms with Crippen molar-refractivity contribution in [2.75, 3.05) is 13.2 Å². The molecule has 0 amide bonds. The standard InChI is InChI=1S/C8H12O5/c1-7(9)12-5-3-2-4-6-13-8(10)11/h2-3H,4-6H2,1H3,(H,10,11). The Hall–Kier alpha value is -1.52. The van der Waals surface area contributed by atoms with Crippen LogP contribution in [-0.4, -0.2) is 30.4 Å². The predicted octanol–water partition coefficient (Wildman–Crippen LogP) is 1.19. The highest BCUT2D eigenvalue weighted by molar-refractivity contribution is 5.65. The monoisotopic (exact) mass is 188 g/mol. The van der Waals surface area contributed by atoms with Gasteiger partial charge in [-0.3, -0.25) is 4.79 Å². The topological polar surface area (TPSA) is 72.8 Å². The lowest BCUT2D eigenvalue weighted by Crippen LogP contribution is -2.01. The summed E-state index contributed by atoms with van der Waals surface area (Å²) in [6, 6.07) is 0. The van der Waals surface area contributed by atoms with Crippen molar-refractivity contribution < 1.29 is 24.2 Å². The average Bonchev–Trinajstić information content (AvgIpc) is 2.01. The molecule has 0 aromatic rings. The predicted molar refractivity (Wildman–Crippen MR) is 44.4 cm³/mol. The molecule has 0 saturated heterocycles. The van der Waals surface area contributed by atoms with Gasteiger partial charge >= 0.3 is 12.1 Å². The molecule has 5 heteroatoms. The lowest BCUT2D eigenvalue weighted by atomic mass is 10.4. The second-order valence-electron chi connectivity index (χ2n) is 2.18. The van der Waals surface area contributed by atoms with Crippen molar-refractivity contribution >= 4 is 12.1 Å². The van der Waals surface area contributed by atoms with E-state index in [0.29, 0.717) is 6.42 Å². The summed E-state index contributed by atoms with van der Waals surface area (Å²) in [6.45, 7) is 1.65. The molecule has 0 heterocycles. The Morgan fingerprint density at radius 2 is 2.00 bits per heavy atom. The van der Waals surface area contributed by atoms with Crippen molar-refractivity contribution in [1.82, 2.24) is 0 Å². The van der Waals surface area contributed by atoms with Crippen molar-refractivity contribution in [2.45, 2.75) is 13.3 Å². The van der Waals surface area contributed by atoms with E-state index in [0.717, 1.165) is 0 Å². The van der Waals surface area contributed by atoms with Gasteiger partial charge in [0.1, 0.15) is 6.61 Å². The third kappa shape index (κ3) is 10.5. The third-order valence-electron chi connectivity index (χ3n) is 1.06. The molecule has 74 valence electrons. The van der Waals surface area contributed by atoms with Gasteiger partial charge in [-0.2, -0.15) is 0 Å². The van der Waals surface area contributed by atoms with Crippen molar-refractivity contribution in [3.8, 4) is 0 Å². The quantitative estimate of drug-likeness (QED) is 0.398. The van der Waals surface area contributed by atoms with E-state index in [1.807, 2.05) is 0 Å². The fraction of sp³-hybridized carbons (Fsp3) is 0.500. The molecule has 0 saturated carbocycles. The maximum atomic E-state index is 10.3. The number of hydrogen-bond acceptors (Lipinski definition) is 4. The lowest BCUT2D eigenvalue weighted by molar-refractivity contribution is -0.139. The van der Waals surface area contributed by atoms with E-state index in [1.54, 1.807) is 12.2 Å². The van der Waals surface area contributed by atoms with Crippen LogP contribution >= 0.6 is 0 Å². The molecule has 0 spiro atoms. The Labute approximate surface area is 75.9 Å². The molecular weight excluding hydrogens is 176 g/mol. The van der Waals surface area contributed by atoms with E-state index >= 15 is 0 Å². The van der Waals surface area contributed by atoms with Crippen LogP contribution in [-0.2, 0) is 14.3 Å². The summed E-state index contributed by atoms with van der Waals surface area (Å²) in [5.74, 6) is -0.341. The molecule has 0 aliphatic carbocycles. The maximum Gasteiger partial charge on any atom is 0.505 e. The van der Waals surface area contributed by atoms with Crippen LogP contribution in [0.2, 0.25) is 0 Å². The second kappa shape index (κ2) is 7.15. The number of hydrogen-bond donors (Lipinski definition) is 1. The molecule has 5 nitrogen and oxygen atoms in total. The van der Waals surface area contributed by atoms with Crippen LogP contribution in [0.4, 0.5) is 4.79 Å². The highest BCUT2D eigenvalue weighted by Crippen LogP contribution is 1.87. The van der Waals surface area contributed by atoms with Crippen LogP contribution in [0.15, 0.2) is 12.2 Å². The van der Waals surface area contributed by atoms with Gasteiger partial charge in [0.2, 0.25) is 0 Å². The minimum atomic E-state index is -1.28. The van der Waals surface area contributed by atoms with Gasteiger partial charge in [-0.05, 0) is 6.42 Å². The molecule has 0 rings (SSSR count). The first-order valence-corrected chi connectivity index (χ1v) is 3.77. The number of carbonyl (C=O) groups excluding carboxylic acids is 1. The number of esters is 1. The van der Waals surface area contributed by atoms with Gasteiger partial charge in [0.15, 0.2) is 0 Å². The molecular formula is C8H12O5. The van der Waals surface area contributed by atoms with Crippen molar-refractivity contribution in [3.05, 3.63) is 12.2 Å². The SMILES string of the molecule is CC(=O)OCC=CCCOC(=O)O. The van der Waals surface area contributed by atoms with Gasteiger partial charge in [-0.1, -0.05) is 12.2 Å². The molecule has 0 radical (unpaired) electrons. The first-order valence-electron chi connectivity index (χ1n) is 3.77. The van der Waals surface area contributed by atoms with Gasteiger partial charge in [0.25, 0.3) is 0 Å². The zero-order valence-corrected chi connectivity index (χ0v) is 7.36. The minimum Gasteiger partial charge on any atom is -0.462 e. The molecule has 0 unspecified atom stereocenters. The lowest BCUT2D eigenvalue weighted by Gasteiger charge is -1.96. The zero-order valence-electron chi connectivity index (χ0n) is 7.36. The number of rotatable bonds is 5. The number of carboxylic acid groups (broad SMARTS) is 1. The van der Waals surface area contributed by atoms with Gasteiger partial charge in [0, 0.05) is 6.92 Å². The fourth-order valence-electron chi connectivity index (χ4n) is 0.566. The summed E-state index contributed by atoms with van der Waals surface area (Å²) in [5.41, 5.74) is 0. The van der Waals surface area contributed by atoms with E-state index in [9.17, 15) is 9.59 Å². The highest BCUT2D eigenvalue weighted by atomic mass is 16.7. The molecule has 0 aromatic heterocycles. The van der Waals surface area contributed by atoms with E-state index in [-0.39, 0.29) is 19.2 Å². The van der Waals surface area contributed by atoms with Crippen molar-refractivity contribution in [2.24, 2.45) is 0 Å². The maximum absolute atomic E-state index is 10.3. The van der Waals surface area contributed by atoms with Crippen LogP contribution < -0.4 is 0 Å². The third-order valence-corrected chi connectivity index (χ3v) is 1.06. The van der Waals surface area contributed by atoms with Crippen molar-refractivity contribution in [3.63, 3.8) is 0 Å². The van der Waals surface area contributed by atoms with Crippen molar-refractivity contribution in [1.29, 1.82) is 0 Å². The van der Waals surface area contributed by atoms with Gasteiger partial charge < -0.3 is 14.6 Å². The van der Waals surface area contributed by atoms with Gasteiger partial charge in [-0.15, -0.1) is 0 Å². The fourth-order valence-corrected chi connectivity index (χ4v) is 0.566. The summed E-state index contributed by atoms with van der Waals surface area (Å²) >= 11 is 0. The van der Waals surface area contributed by atoms with Crippen LogP contribution in [0.5, 0.6) is 0 Å². The molecule has 0 aliphatic heterocycles. The van der Waals surface area contributed by atoms with E-state index in [1.165, 1.54) is 6.92 Å². The van der Waals surface area contributed by atoms with Crippen LogP contribution in [0.1, 0.15) is 13.3 Å². The Morgan fingerprint density at radius 1 is 1.31 bits per heavy atom. The Balaban J connectivity index is 3.22. The van der Waals surface area contributed by atoms with Crippen LogP contribution in [0, 0.1) is 0 Å². The summed E-state index contributed by atoms with van der Waals surface area (Å²) < 4.78 is 8.81. The Kier molecular flexibility index (Phi) is 6.31. The number of carbonyl (C=O) groups is 2. The Morgan fingerprint density at radius 3 is 2.54 bits per heavy atom. The first kappa shape index (κ1) is 11.5. The second-order valence-corrected chi connectivity index (χ2v) is 2.18. The molecule has 13 heavy (non-hydrogen) atoms. The van der Waals surface area contributed by atoms with Gasteiger partial charge in [0.05, 0.1) is 6.61 Å². The molecule has 0 bridgehead atoms. The summed E-state index contributed by atoms with van der Waals surface area (Å²) in [6.07, 6.45) is 2.51. The molecule has 1 N–H and O–H groups in total. The molecule has 0 atom stereocenters. The van der Waals surface area contributed by atoms with E-state index < -0.39 is 6.16 Å². The largest absolute Gasteiger partial charge is 0.505 e.